The van der Waals surface area contributed by atoms with Gasteiger partial charge >= 0.3 is 0 Å². The molecule has 2 atom stereocenters. The number of carbonyl (C=O) groups is 1. The van der Waals surface area contributed by atoms with Gasteiger partial charge in [-0.2, -0.15) is 11.8 Å². The van der Waals surface area contributed by atoms with E-state index in [0.717, 1.165) is 23.2 Å². The summed E-state index contributed by atoms with van der Waals surface area (Å²) >= 11 is 1.87. The van der Waals surface area contributed by atoms with Gasteiger partial charge in [0.25, 0.3) is 5.91 Å². The van der Waals surface area contributed by atoms with Gasteiger partial charge in [-0.3, -0.25) is 4.79 Å². The van der Waals surface area contributed by atoms with Crippen LogP contribution >= 0.6 is 11.8 Å². The van der Waals surface area contributed by atoms with Crippen molar-refractivity contribution < 1.29 is 4.79 Å². The number of benzene rings is 1. The van der Waals surface area contributed by atoms with Crippen LogP contribution < -0.4 is 10.6 Å². The van der Waals surface area contributed by atoms with Crippen LogP contribution in [-0.2, 0) is 0 Å². The number of aryl methyl sites for hydroxylation is 1. The summed E-state index contributed by atoms with van der Waals surface area (Å²) in [5.74, 6) is 0.0419. The number of thioether (sulfide) groups is 1. The van der Waals surface area contributed by atoms with Crippen LogP contribution in [0.15, 0.2) is 18.2 Å². The van der Waals surface area contributed by atoms with E-state index >= 15 is 0 Å². The lowest BCUT2D eigenvalue weighted by molar-refractivity contribution is 0.0930. The summed E-state index contributed by atoms with van der Waals surface area (Å²) in [4.78, 5) is 12.5. The highest BCUT2D eigenvalue weighted by molar-refractivity contribution is 7.99. The monoisotopic (exact) mass is 292 g/mol. The summed E-state index contributed by atoms with van der Waals surface area (Å²) in [6.07, 6.45) is 6.94. The van der Waals surface area contributed by atoms with Crippen LogP contribution in [0.2, 0.25) is 0 Å². The molecule has 2 unspecified atom stereocenters. The van der Waals surface area contributed by atoms with Gasteiger partial charge in [0.05, 0.1) is 5.56 Å². The van der Waals surface area contributed by atoms with Crippen molar-refractivity contribution in [1.82, 2.24) is 5.32 Å². The normalized spacial score (nSPS) is 22.4. The minimum absolute atomic E-state index is 0.0419. The lowest BCUT2D eigenvalue weighted by Gasteiger charge is -2.31. The third kappa shape index (κ3) is 3.48. The smallest absolute Gasteiger partial charge is 0.253 e. The zero-order valence-corrected chi connectivity index (χ0v) is 13.3. The Labute approximate surface area is 125 Å². The van der Waals surface area contributed by atoms with E-state index in [0.29, 0.717) is 11.3 Å². The average Bonchev–Trinajstić information content (AvgIpc) is 2.47. The van der Waals surface area contributed by atoms with E-state index < -0.39 is 0 Å². The summed E-state index contributed by atoms with van der Waals surface area (Å²) in [6.45, 7) is 2.04. The van der Waals surface area contributed by atoms with Gasteiger partial charge in [0.15, 0.2) is 0 Å². The quantitative estimate of drug-likeness (QED) is 0.893. The summed E-state index contributed by atoms with van der Waals surface area (Å²) < 4.78 is 0. The van der Waals surface area contributed by atoms with E-state index in [1.807, 2.05) is 43.9 Å². The van der Waals surface area contributed by atoms with E-state index in [9.17, 15) is 4.79 Å². The number of nitrogens with one attached hydrogen (secondary N) is 2. The predicted molar refractivity (Wildman–Crippen MR) is 87.8 cm³/mol. The van der Waals surface area contributed by atoms with Gasteiger partial charge in [0.1, 0.15) is 0 Å². The third-order valence-corrected chi connectivity index (χ3v) is 5.18. The lowest BCUT2D eigenvalue weighted by atomic mass is 9.94. The molecule has 0 heterocycles. The second-order valence-electron chi connectivity index (χ2n) is 5.44. The van der Waals surface area contributed by atoms with Crippen LogP contribution in [-0.4, -0.2) is 30.5 Å². The SMILES string of the molecule is CNc1cc(C)ccc1C(=O)NC1CCCCC1SC. The van der Waals surface area contributed by atoms with Crippen molar-refractivity contribution in [2.45, 2.75) is 43.9 Å². The summed E-state index contributed by atoms with van der Waals surface area (Å²) in [5, 5.41) is 6.90. The van der Waals surface area contributed by atoms with Gasteiger partial charge in [-0.1, -0.05) is 18.9 Å². The molecule has 0 radical (unpaired) electrons. The van der Waals surface area contributed by atoms with Gasteiger partial charge in [0.2, 0.25) is 0 Å². The summed E-state index contributed by atoms with van der Waals surface area (Å²) in [5.41, 5.74) is 2.80. The largest absolute Gasteiger partial charge is 0.387 e. The molecule has 3 nitrogen and oxygen atoms in total. The van der Waals surface area contributed by atoms with Crippen molar-refractivity contribution in [3.63, 3.8) is 0 Å². The number of hydrogen-bond acceptors (Lipinski definition) is 3. The third-order valence-electron chi connectivity index (χ3n) is 4.01. The maximum atomic E-state index is 12.5. The number of amides is 1. The molecule has 1 aromatic rings. The molecule has 1 aliphatic rings. The highest BCUT2D eigenvalue weighted by Gasteiger charge is 2.26. The molecule has 2 N–H and O–H groups in total. The molecule has 20 heavy (non-hydrogen) atoms. The van der Waals surface area contributed by atoms with E-state index in [2.05, 4.69) is 16.9 Å². The van der Waals surface area contributed by atoms with E-state index in [4.69, 9.17) is 0 Å². The molecule has 2 rings (SSSR count). The van der Waals surface area contributed by atoms with Crippen LogP contribution in [0.25, 0.3) is 0 Å². The first-order valence-electron chi connectivity index (χ1n) is 7.27. The molecule has 0 spiro atoms. The molecule has 1 amide bonds. The minimum Gasteiger partial charge on any atom is -0.387 e. The molecule has 1 aromatic carbocycles. The highest BCUT2D eigenvalue weighted by Crippen LogP contribution is 2.27. The minimum atomic E-state index is 0.0419. The Morgan fingerprint density at radius 2 is 2.05 bits per heavy atom. The first-order valence-corrected chi connectivity index (χ1v) is 8.56. The molecule has 4 heteroatoms. The Hall–Kier alpha value is -1.16. The Morgan fingerprint density at radius 3 is 2.75 bits per heavy atom. The first kappa shape index (κ1) is 15.2. The number of carbonyl (C=O) groups excluding carboxylic acids is 1. The summed E-state index contributed by atoms with van der Waals surface area (Å²) in [7, 11) is 1.86. The topological polar surface area (TPSA) is 41.1 Å². The molecule has 0 aliphatic heterocycles. The fourth-order valence-corrected chi connectivity index (χ4v) is 3.79. The molecular formula is C16H24N2OS. The number of hydrogen-bond donors (Lipinski definition) is 2. The van der Waals surface area contributed by atoms with Crippen LogP contribution in [0.4, 0.5) is 5.69 Å². The van der Waals surface area contributed by atoms with Crippen molar-refractivity contribution in [3.8, 4) is 0 Å². The van der Waals surface area contributed by atoms with Crippen LogP contribution in [0.3, 0.4) is 0 Å². The maximum Gasteiger partial charge on any atom is 0.253 e. The number of rotatable bonds is 4. The van der Waals surface area contributed by atoms with Crippen LogP contribution in [0.1, 0.15) is 41.6 Å². The van der Waals surface area contributed by atoms with Crippen molar-refractivity contribution in [1.29, 1.82) is 0 Å². The molecule has 0 aromatic heterocycles. The Bertz CT molecular complexity index is 476. The molecule has 1 saturated carbocycles. The second kappa shape index (κ2) is 7.02. The van der Waals surface area contributed by atoms with Crippen molar-refractivity contribution in [2.24, 2.45) is 0 Å². The van der Waals surface area contributed by atoms with E-state index in [1.54, 1.807) is 0 Å². The molecule has 0 saturated heterocycles. The predicted octanol–water partition coefficient (Wildman–Crippen LogP) is 3.44. The van der Waals surface area contributed by atoms with Crippen molar-refractivity contribution >= 4 is 23.4 Å². The van der Waals surface area contributed by atoms with Crippen molar-refractivity contribution in [3.05, 3.63) is 29.3 Å². The van der Waals surface area contributed by atoms with E-state index in [1.165, 1.54) is 19.3 Å². The zero-order chi connectivity index (χ0) is 14.5. The molecule has 1 aliphatic carbocycles. The Morgan fingerprint density at radius 1 is 1.30 bits per heavy atom. The first-order chi connectivity index (χ1) is 9.65. The molecule has 110 valence electrons. The van der Waals surface area contributed by atoms with Gasteiger partial charge in [-0.05, 0) is 43.7 Å². The van der Waals surface area contributed by atoms with Crippen LogP contribution in [0.5, 0.6) is 0 Å². The van der Waals surface area contributed by atoms with Gasteiger partial charge in [-0.15, -0.1) is 0 Å². The van der Waals surface area contributed by atoms with Gasteiger partial charge in [0, 0.05) is 24.0 Å². The van der Waals surface area contributed by atoms with Crippen molar-refractivity contribution in [2.75, 3.05) is 18.6 Å². The zero-order valence-electron chi connectivity index (χ0n) is 12.5. The fraction of sp³-hybridized carbons (Fsp3) is 0.562. The van der Waals surface area contributed by atoms with Gasteiger partial charge in [-0.25, -0.2) is 0 Å². The highest BCUT2D eigenvalue weighted by atomic mass is 32.2. The fourth-order valence-electron chi connectivity index (χ4n) is 2.85. The van der Waals surface area contributed by atoms with Gasteiger partial charge < -0.3 is 10.6 Å². The molecule has 0 bridgehead atoms. The maximum absolute atomic E-state index is 12.5. The second-order valence-corrected chi connectivity index (χ2v) is 6.51. The number of anilines is 1. The van der Waals surface area contributed by atoms with Crippen LogP contribution in [0, 0.1) is 6.92 Å². The molecular weight excluding hydrogens is 268 g/mol. The van der Waals surface area contributed by atoms with E-state index in [-0.39, 0.29) is 5.91 Å². The summed E-state index contributed by atoms with van der Waals surface area (Å²) in [6, 6.07) is 6.22. The standard InChI is InChI=1S/C16H24N2OS/c1-11-8-9-12(14(10-11)17-2)16(19)18-13-6-4-5-7-15(13)20-3/h8-10,13,15,17H,4-7H2,1-3H3,(H,18,19). The lowest BCUT2D eigenvalue weighted by Crippen LogP contribution is -2.43. The Balaban J connectivity index is 2.11. The molecule has 1 fully saturated rings. The average molecular weight is 292 g/mol. The Kier molecular flexibility index (Phi) is 5.35.